The topological polar surface area (TPSA) is 102 Å². The Bertz CT molecular complexity index is 1140. The van der Waals surface area contributed by atoms with Crippen molar-refractivity contribution in [3.8, 4) is 16.9 Å². The normalized spacial score (nSPS) is 11.6. The second-order valence-corrected chi connectivity index (χ2v) is 7.56. The van der Waals surface area contributed by atoms with Gasteiger partial charge in [-0.1, -0.05) is 36.4 Å². The minimum absolute atomic E-state index is 0.103. The van der Waals surface area contributed by atoms with Gasteiger partial charge in [-0.2, -0.15) is 0 Å². The number of carboxylic acid groups (broad SMARTS) is 1. The van der Waals surface area contributed by atoms with Crippen LogP contribution in [0.25, 0.3) is 11.1 Å². The van der Waals surface area contributed by atoms with Crippen LogP contribution in [0.4, 0.5) is 10.1 Å². The number of benzene rings is 3. The number of nitrogens with two attached hydrogens (primary N) is 1. The molecule has 0 aliphatic rings. The number of amides is 1. The monoisotopic (exact) mass is 436 g/mol. The van der Waals surface area contributed by atoms with Crippen LogP contribution in [0.15, 0.2) is 60.7 Å². The van der Waals surface area contributed by atoms with Crippen LogP contribution in [0.2, 0.25) is 0 Å². The van der Waals surface area contributed by atoms with Crippen LogP contribution >= 0.6 is 0 Å². The lowest BCUT2D eigenvalue weighted by atomic mass is 9.97. The minimum Gasteiger partial charge on any atom is -0.489 e. The maximum absolute atomic E-state index is 15.1. The van der Waals surface area contributed by atoms with Gasteiger partial charge in [-0.15, -0.1) is 0 Å². The van der Waals surface area contributed by atoms with E-state index in [-0.39, 0.29) is 18.9 Å². The molecule has 3 aromatic carbocycles. The van der Waals surface area contributed by atoms with Crippen LogP contribution in [-0.2, 0) is 22.6 Å². The number of nitrogens with one attached hydrogen (secondary N) is 1. The van der Waals surface area contributed by atoms with Gasteiger partial charge in [-0.25, -0.2) is 4.39 Å². The molecule has 0 fully saturated rings. The molecule has 3 rings (SSSR count). The number of halogens is 1. The molecule has 0 unspecified atom stereocenters. The van der Waals surface area contributed by atoms with E-state index in [2.05, 4.69) is 5.32 Å². The van der Waals surface area contributed by atoms with E-state index in [4.69, 9.17) is 15.6 Å². The van der Waals surface area contributed by atoms with E-state index in [9.17, 15) is 9.59 Å². The van der Waals surface area contributed by atoms with Crippen LogP contribution in [0.5, 0.6) is 5.75 Å². The highest BCUT2D eigenvalue weighted by molar-refractivity contribution is 5.89. The molecule has 7 heteroatoms. The number of hydrogen-bond donors (Lipinski definition) is 3. The number of anilines is 1. The third-order valence-electron chi connectivity index (χ3n) is 4.85. The molecule has 0 saturated heterocycles. The molecule has 1 amide bonds. The standard InChI is InChI=1S/C25H25FN2O4/c1-15(27)21-7-5-8-22(25(21)26)19-10-17(11-20(12-19)28-16(2)29)14-32-23-9-4-3-6-18(23)13-24(30)31/h3-12,15H,13-14,27H2,1-2H3,(H,28,29)(H,30,31)/t15-/m1/s1. The van der Waals surface area contributed by atoms with Crippen molar-refractivity contribution in [1.29, 1.82) is 0 Å². The minimum atomic E-state index is -0.958. The van der Waals surface area contributed by atoms with Crippen LogP contribution in [-0.4, -0.2) is 17.0 Å². The summed E-state index contributed by atoms with van der Waals surface area (Å²) in [5, 5.41) is 11.8. The van der Waals surface area contributed by atoms with Gasteiger partial charge in [0.05, 0.1) is 6.42 Å². The summed E-state index contributed by atoms with van der Waals surface area (Å²) < 4.78 is 21.0. The number of carbonyl (C=O) groups is 2. The molecule has 0 saturated carbocycles. The molecule has 166 valence electrons. The lowest BCUT2D eigenvalue weighted by Gasteiger charge is -2.15. The Morgan fingerprint density at radius 3 is 2.56 bits per heavy atom. The molecule has 1 atom stereocenters. The zero-order chi connectivity index (χ0) is 23.3. The number of carbonyl (C=O) groups excluding carboxylic acids is 1. The summed E-state index contributed by atoms with van der Waals surface area (Å²) in [6.45, 7) is 3.21. The molecule has 0 heterocycles. The third-order valence-corrected chi connectivity index (χ3v) is 4.85. The van der Waals surface area contributed by atoms with Crippen molar-refractivity contribution in [3.05, 3.63) is 83.2 Å². The predicted octanol–water partition coefficient (Wildman–Crippen LogP) is 4.68. The molecule has 6 nitrogen and oxygen atoms in total. The van der Waals surface area contributed by atoms with E-state index < -0.39 is 17.8 Å². The van der Waals surface area contributed by atoms with Crippen molar-refractivity contribution in [3.63, 3.8) is 0 Å². The van der Waals surface area contributed by atoms with Crippen LogP contribution in [0.3, 0.4) is 0 Å². The fourth-order valence-corrected chi connectivity index (χ4v) is 3.45. The second-order valence-electron chi connectivity index (χ2n) is 7.56. The maximum Gasteiger partial charge on any atom is 0.307 e. The van der Waals surface area contributed by atoms with Gasteiger partial charge in [0, 0.05) is 35.3 Å². The Morgan fingerprint density at radius 1 is 1.12 bits per heavy atom. The summed E-state index contributed by atoms with van der Waals surface area (Å²) in [4.78, 5) is 22.7. The first-order chi connectivity index (χ1) is 15.2. The van der Waals surface area contributed by atoms with Gasteiger partial charge in [0.2, 0.25) is 5.91 Å². The molecule has 0 aliphatic carbocycles. The van der Waals surface area contributed by atoms with Crippen LogP contribution < -0.4 is 15.8 Å². The van der Waals surface area contributed by atoms with Crippen molar-refractivity contribution in [2.45, 2.75) is 32.9 Å². The van der Waals surface area contributed by atoms with Gasteiger partial charge in [0.15, 0.2) is 0 Å². The van der Waals surface area contributed by atoms with Crippen molar-refractivity contribution in [2.24, 2.45) is 5.73 Å². The van der Waals surface area contributed by atoms with E-state index in [0.29, 0.717) is 39.3 Å². The number of ether oxygens (including phenoxy) is 1. The lowest BCUT2D eigenvalue weighted by molar-refractivity contribution is -0.136. The third kappa shape index (κ3) is 5.70. The summed E-state index contributed by atoms with van der Waals surface area (Å²) in [7, 11) is 0. The molecule has 0 radical (unpaired) electrons. The fraction of sp³-hybridized carbons (Fsp3) is 0.200. The number of para-hydroxylation sites is 1. The van der Waals surface area contributed by atoms with E-state index >= 15 is 4.39 Å². The summed E-state index contributed by atoms with van der Waals surface area (Å²) in [6.07, 6.45) is -0.164. The van der Waals surface area contributed by atoms with Gasteiger partial charge in [0.25, 0.3) is 0 Å². The van der Waals surface area contributed by atoms with Gasteiger partial charge < -0.3 is 20.9 Å². The van der Waals surface area contributed by atoms with Gasteiger partial charge in [-0.3, -0.25) is 9.59 Å². The molecule has 0 bridgehead atoms. The lowest BCUT2D eigenvalue weighted by Crippen LogP contribution is -2.09. The average Bonchev–Trinajstić information content (AvgIpc) is 2.72. The maximum atomic E-state index is 15.1. The molecule has 0 aromatic heterocycles. The molecule has 32 heavy (non-hydrogen) atoms. The number of rotatable bonds is 8. The molecule has 3 aromatic rings. The predicted molar refractivity (Wildman–Crippen MR) is 121 cm³/mol. The Morgan fingerprint density at radius 2 is 1.88 bits per heavy atom. The highest BCUT2D eigenvalue weighted by atomic mass is 19.1. The fourth-order valence-electron chi connectivity index (χ4n) is 3.45. The summed E-state index contributed by atoms with van der Waals surface area (Å²) in [5.74, 6) is -1.18. The quantitative estimate of drug-likeness (QED) is 0.476. The van der Waals surface area contributed by atoms with Gasteiger partial charge in [-0.05, 0) is 42.3 Å². The first-order valence-electron chi connectivity index (χ1n) is 10.1. The molecule has 4 N–H and O–H groups in total. The molecular weight excluding hydrogens is 411 g/mol. The smallest absolute Gasteiger partial charge is 0.307 e. The van der Waals surface area contributed by atoms with Crippen molar-refractivity contribution in [2.75, 3.05) is 5.32 Å². The van der Waals surface area contributed by atoms with E-state index in [0.717, 1.165) is 0 Å². The van der Waals surface area contributed by atoms with Gasteiger partial charge in [0.1, 0.15) is 18.2 Å². The highest BCUT2D eigenvalue weighted by Gasteiger charge is 2.15. The molecular formula is C25H25FN2O4. The highest BCUT2D eigenvalue weighted by Crippen LogP contribution is 2.31. The van der Waals surface area contributed by atoms with Crippen molar-refractivity contribution >= 4 is 17.6 Å². The zero-order valence-corrected chi connectivity index (χ0v) is 17.9. The summed E-state index contributed by atoms with van der Waals surface area (Å²) in [5.41, 5.74) is 8.94. The summed E-state index contributed by atoms with van der Waals surface area (Å²) >= 11 is 0. The number of aliphatic carboxylic acids is 1. The van der Waals surface area contributed by atoms with Crippen LogP contribution in [0.1, 0.15) is 36.6 Å². The Kier molecular flexibility index (Phi) is 7.22. The molecule has 0 aliphatic heterocycles. The Labute approximate surface area is 185 Å². The van der Waals surface area contributed by atoms with E-state index in [1.54, 1.807) is 67.6 Å². The zero-order valence-electron chi connectivity index (χ0n) is 17.9. The van der Waals surface area contributed by atoms with Gasteiger partial charge >= 0.3 is 5.97 Å². The van der Waals surface area contributed by atoms with Crippen LogP contribution in [0, 0.1) is 5.82 Å². The largest absolute Gasteiger partial charge is 0.489 e. The number of carboxylic acids is 1. The van der Waals surface area contributed by atoms with E-state index in [1.807, 2.05) is 0 Å². The average molecular weight is 436 g/mol. The Hall–Kier alpha value is -3.71. The SMILES string of the molecule is CC(=O)Nc1cc(COc2ccccc2CC(=O)O)cc(-c2cccc([C@@H](C)N)c2F)c1. The first-order valence-corrected chi connectivity index (χ1v) is 10.1. The summed E-state index contributed by atoms with van der Waals surface area (Å²) in [6, 6.07) is 16.6. The first kappa shape index (κ1) is 23.0. The van der Waals surface area contributed by atoms with Crippen molar-refractivity contribution < 1.29 is 23.8 Å². The van der Waals surface area contributed by atoms with E-state index in [1.165, 1.54) is 6.92 Å². The Balaban J connectivity index is 1.97. The number of hydrogen-bond acceptors (Lipinski definition) is 4. The van der Waals surface area contributed by atoms with Crippen molar-refractivity contribution in [1.82, 2.24) is 0 Å². The molecule has 0 spiro atoms. The second kappa shape index (κ2) is 10.1.